The van der Waals surface area contributed by atoms with Gasteiger partial charge in [-0.05, 0) is 32.1 Å². The number of likely N-dealkylation sites (N-methyl/N-ethyl adjacent to an activating group) is 1. The Balaban J connectivity index is 1.65. The van der Waals surface area contributed by atoms with Crippen molar-refractivity contribution in [1.29, 1.82) is 0 Å². The average molecular weight is 331 g/mol. The first-order valence-corrected chi connectivity index (χ1v) is 8.49. The summed E-state index contributed by atoms with van der Waals surface area (Å²) < 4.78 is 2.87. The van der Waals surface area contributed by atoms with Crippen LogP contribution in [-0.2, 0) is 11.3 Å². The van der Waals surface area contributed by atoms with Crippen LogP contribution in [0, 0.1) is 5.92 Å². The van der Waals surface area contributed by atoms with E-state index in [0.717, 1.165) is 19.5 Å². The Morgan fingerprint density at radius 1 is 1.33 bits per heavy atom. The molecule has 3 heterocycles. The summed E-state index contributed by atoms with van der Waals surface area (Å²) in [6.45, 7) is 4.06. The molecule has 0 radical (unpaired) electrons. The molecule has 0 bridgehead atoms. The van der Waals surface area contributed by atoms with E-state index in [1.165, 1.54) is 9.08 Å². The summed E-state index contributed by atoms with van der Waals surface area (Å²) in [5, 5.41) is 4.27. The Morgan fingerprint density at radius 3 is 2.75 bits per heavy atom. The van der Waals surface area contributed by atoms with Gasteiger partial charge in [0.25, 0.3) is 0 Å². The second kappa shape index (κ2) is 6.76. The van der Waals surface area contributed by atoms with Crippen molar-refractivity contribution in [2.75, 3.05) is 27.2 Å². The van der Waals surface area contributed by atoms with Crippen molar-refractivity contribution < 1.29 is 4.79 Å². The molecule has 0 spiro atoms. The highest BCUT2D eigenvalue weighted by atomic mass is 16.2. The van der Waals surface area contributed by atoms with Gasteiger partial charge in [0, 0.05) is 31.7 Å². The molecular formula is C17H25N5O2. The number of likely N-dealkylation sites (tertiary alicyclic amines) is 1. The van der Waals surface area contributed by atoms with Gasteiger partial charge in [0.2, 0.25) is 5.91 Å². The Bertz CT molecular complexity index is 779. The number of hydrogen-bond acceptors (Lipinski definition) is 4. The molecule has 1 saturated heterocycles. The quantitative estimate of drug-likeness (QED) is 0.808. The summed E-state index contributed by atoms with van der Waals surface area (Å²) in [6, 6.07) is 5.83. The van der Waals surface area contributed by atoms with Crippen LogP contribution in [0.4, 0.5) is 0 Å². The number of carbonyl (C=O) groups is 1. The predicted molar refractivity (Wildman–Crippen MR) is 91.9 cm³/mol. The minimum atomic E-state index is -0.197. The van der Waals surface area contributed by atoms with Gasteiger partial charge >= 0.3 is 5.69 Å². The van der Waals surface area contributed by atoms with Crippen molar-refractivity contribution in [3.63, 3.8) is 0 Å². The third kappa shape index (κ3) is 3.08. The largest absolute Gasteiger partial charge is 0.350 e. The molecular weight excluding hydrogens is 306 g/mol. The highest BCUT2D eigenvalue weighted by Gasteiger charge is 2.34. The van der Waals surface area contributed by atoms with Crippen LogP contribution in [0.15, 0.2) is 29.2 Å². The maximum atomic E-state index is 12.5. The number of aryl methyl sites for hydroxylation is 1. The minimum absolute atomic E-state index is 0.0988. The van der Waals surface area contributed by atoms with Gasteiger partial charge in [0.1, 0.15) is 0 Å². The van der Waals surface area contributed by atoms with Crippen molar-refractivity contribution >= 4 is 11.6 Å². The van der Waals surface area contributed by atoms with Crippen molar-refractivity contribution in [2.24, 2.45) is 5.92 Å². The lowest BCUT2D eigenvalue weighted by atomic mass is 10.0. The first-order chi connectivity index (χ1) is 11.5. The van der Waals surface area contributed by atoms with E-state index in [1.807, 2.05) is 11.0 Å². The third-order valence-corrected chi connectivity index (χ3v) is 4.97. The molecule has 1 fully saturated rings. The highest BCUT2D eigenvalue weighted by molar-refractivity contribution is 5.76. The second-order valence-corrected chi connectivity index (χ2v) is 6.68. The molecule has 7 nitrogen and oxygen atoms in total. The molecule has 2 aromatic heterocycles. The monoisotopic (exact) mass is 331 g/mol. The number of amides is 1. The van der Waals surface area contributed by atoms with E-state index in [0.29, 0.717) is 30.6 Å². The topological polar surface area (TPSA) is 62.9 Å². The van der Waals surface area contributed by atoms with Crippen LogP contribution in [0.1, 0.15) is 19.8 Å². The molecule has 7 heteroatoms. The first-order valence-electron chi connectivity index (χ1n) is 8.49. The van der Waals surface area contributed by atoms with Gasteiger partial charge in [-0.25, -0.2) is 9.48 Å². The molecule has 1 amide bonds. The van der Waals surface area contributed by atoms with Crippen molar-refractivity contribution in [3.8, 4) is 0 Å². The van der Waals surface area contributed by atoms with Crippen molar-refractivity contribution in [2.45, 2.75) is 32.4 Å². The summed E-state index contributed by atoms with van der Waals surface area (Å²) in [5.74, 6) is 0.614. The Hall–Kier alpha value is -2.15. The Kier molecular flexibility index (Phi) is 4.71. The third-order valence-electron chi connectivity index (χ3n) is 4.97. The Morgan fingerprint density at radius 2 is 2.12 bits per heavy atom. The van der Waals surface area contributed by atoms with E-state index in [4.69, 9.17) is 0 Å². The average Bonchev–Trinajstić information content (AvgIpc) is 3.15. The lowest BCUT2D eigenvalue weighted by Gasteiger charge is -2.23. The van der Waals surface area contributed by atoms with E-state index in [1.54, 1.807) is 18.3 Å². The highest BCUT2D eigenvalue weighted by Crippen LogP contribution is 2.23. The number of fused-ring (bicyclic) bond motifs is 1. The molecule has 2 unspecified atom stereocenters. The fourth-order valence-corrected chi connectivity index (χ4v) is 3.52. The summed E-state index contributed by atoms with van der Waals surface area (Å²) in [6.07, 6.45) is 3.07. The van der Waals surface area contributed by atoms with Crippen LogP contribution in [-0.4, -0.2) is 63.1 Å². The summed E-state index contributed by atoms with van der Waals surface area (Å²) in [4.78, 5) is 28.9. The molecule has 3 rings (SSSR count). The van der Waals surface area contributed by atoms with E-state index in [2.05, 4.69) is 31.0 Å². The van der Waals surface area contributed by atoms with Crippen LogP contribution in [0.25, 0.3) is 5.65 Å². The van der Waals surface area contributed by atoms with Gasteiger partial charge in [0.05, 0.1) is 6.54 Å². The fourth-order valence-electron chi connectivity index (χ4n) is 3.52. The van der Waals surface area contributed by atoms with Crippen molar-refractivity contribution in [3.05, 3.63) is 34.9 Å². The lowest BCUT2D eigenvalue weighted by Crippen LogP contribution is -2.36. The van der Waals surface area contributed by atoms with Crippen LogP contribution in [0.5, 0.6) is 0 Å². The number of rotatable bonds is 5. The zero-order valence-corrected chi connectivity index (χ0v) is 14.6. The molecule has 0 N–H and O–H groups in total. The maximum Gasteiger partial charge on any atom is 0.350 e. The van der Waals surface area contributed by atoms with E-state index in [9.17, 15) is 9.59 Å². The zero-order chi connectivity index (χ0) is 17.3. The SMILES string of the molecule is CCC1CN(C(=O)CCn2nc3ccccn3c2=O)CC1N(C)C. The lowest BCUT2D eigenvalue weighted by molar-refractivity contribution is -0.130. The predicted octanol–water partition coefficient (Wildman–Crippen LogP) is 0.685. The molecule has 0 aliphatic carbocycles. The molecule has 0 aromatic carbocycles. The standard InChI is InChI=1S/C17H25N5O2/c1-4-13-11-20(12-14(13)19(2)3)16(23)8-10-22-17(24)21-9-6-5-7-15(21)18-22/h5-7,9,13-14H,4,8,10-12H2,1-3H3. The Labute approximate surface area is 141 Å². The van der Waals surface area contributed by atoms with Gasteiger partial charge < -0.3 is 9.80 Å². The van der Waals surface area contributed by atoms with Crippen molar-refractivity contribution in [1.82, 2.24) is 24.0 Å². The van der Waals surface area contributed by atoms with Gasteiger partial charge in [-0.15, -0.1) is 5.10 Å². The molecule has 2 aromatic rings. The number of aromatic nitrogens is 3. The number of hydrogen-bond donors (Lipinski definition) is 0. The molecule has 130 valence electrons. The zero-order valence-electron chi connectivity index (χ0n) is 14.6. The number of nitrogens with zero attached hydrogens (tertiary/aromatic N) is 5. The van der Waals surface area contributed by atoms with E-state index >= 15 is 0 Å². The molecule has 0 saturated carbocycles. The molecule has 24 heavy (non-hydrogen) atoms. The minimum Gasteiger partial charge on any atom is -0.341 e. The van der Waals surface area contributed by atoms with Crippen LogP contribution >= 0.6 is 0 Å². The number of pyridine rings is 1. The van der Waals surface area contributed by atoms with Crippen LogP contribution < -0.4 is 5.69 Å². The summed E-state index contributed by atoms with van der Waals surface area (Å²) in [5.41, 5.74) is 0.410. The fraction of sp³-hybridized carbons (Fsp3) is 0.588. The van der Waals surface area contributed by atoms with E-state index in [-0.39, 0.29) is 11.6 Å². The second-order valence-electron chi connectivity index (χ2n) is 6.68. The molecule has 1 aliphatic rings. The normalized spacial score (nSPS) is 21.1. The molecule has 2 atom stereocenters. The molecule has 1 aliphatic heterocycles. The van der Waals surface area contributed by atoms with Gasteiger partial charge in [-0.1, -0.05) is 19.4 Å². The van der Waals surface area contributed by atoms with Gasteiger partial charge in [-0.2, -0.15) is 0 Å². The summed E-state index contributed by atoms with van der Waals surface area (Å²) >= 11 is 0. The van der Waals surface area contributed by atoms with Gasteiger partial charge in [-0.3, -0.25) is 9.20 Å². The first kappa shape index (κ1) is 16.7. The maximum absolute atomic E-state index is 12.5. The smallest absolute Gasteiger partial charge is 0.341 e. The van der Waals surface area contributed by atoms with E-state index < -0.39 is 0 Å². The van der Waals surface area contributed by atoms with Crippen LogP contribution in [0.2, 0.25) is 0 Å². The van der Waals surface area contributed by atoms with Gasteiger partial charge in [0.15, 0.2) is 5.65 Å². The summed E-state index contributed by atoms with van der Waals surface area (Å²) in [7, 11) is 4.13. The van der Waals surface area contributed by atoms with Crippen LogP contribution in [0.3, 0.4) is 0 Å². The number of carbonyl (C=O) groups excluding carboxylic acids is 1.